The van der Waals surface area contributed by atoms with E-state index >= 15 is 0 Å². The molecule has 1 atom stereocenters. The summed E-state index contributed by atoms with van der Waals surface area (Å²) in [5, 5.41) is 3.88. The molecule has 19 heavy (non-hydrogen) atoms. The Morgan fingerprint density at radius 2 is 2.11 bits per heavy atom. The molecule has 0 aliphatic heterocycles. The molecule has 0 aliphatic rings. The molecule has 6 heteroatoms. The molecule has 2 rings (SSSR count). The second kappa shape index (κ2) is 6.40. The van der Waals surface area contributed by atoms with Crippen molar-refractivity contribution < 1.29 is 13.7 Å². The van der Waals surface area contributed by atoms with Crippen molar-refractivity contribution in [2.24, 2.45) is 5.73 Å². The van der Waals surface area contributed by atoms with Crippen LogP contribution in [0, 0.1) is 5.82 Å². The lowest BCUT2D eigenvalue weighted by molar-refractivity contribution is 0.102. The number of rotatable bonds is 6. The Balaban J connectivity index is 1.99. The van der Waals surface area contributed by atoms with Crippen molar-refractivity contribution >= 4 is 0 Å². The van der Waals surface area contributed by atoms with E-state index in [9.17, 15) is 4.39 Å². The minimum Gasteiger partial charge on any atom is -0.380 e. The number of nitrogens with two attached hydrogens (primary N) is 1. The smallest absolute Gasteiger partial charge is 0.229 e. The third-order valence-electron chi connectivity index (χ3n) is 2.78. The zero-order valence-corrected chi connectivity index (χ0v) is 10.7. The van der Waals surface area contributed by atoms with Crippen LogP contribution >= 0.6 is 0 Å². The molecule has 5 nitrogen and oxygen atoms in total. The lowest BCUT2D eigenvalue weighted by atomic mass is 10.1. The van der Waals surface area contributed by atoms with Crippen LogP contribution < -0.4 is 5.73 Å². The molecule has 102 valence electrons. The van der Waals surface area contributed by atoms with E-state index < -0.39 is 0 Å². The summed E-state index contributed by atoms with van der Waals surface area (Å²) in [7, 11) is 1.59. The number of hydrogen-bond acceptors (Lipinski definition) is 5. The highest BCUT2D eigenvalue weighted by Crippen LogP contribution is 2.09. The summed E-state index contributed by atoms with van der Waals surface area (Å²) in [6.07, 6.45) is 0.868. The van der Waals surface area contributed by atoms with Crippen LogP contribution in [0.3, 0.4) is 0 Å². The zero-order chi connectivity index (χ0) is 13.7. The number of nitrogens with zero attached hydrogens (tertiary/aromatic N) is 2. The second-order valence-corrected chi connectivity index (χ2v) is 4.21. The van der Waals surface area contributed by atoms with E-state index in [2.05, 4.69) is 10.1 Å². The van der Waals surface area contributed by atoms with Crippen LogP contribution in [0.15, 0.2) is 28.8 Å². The molecule has 1 aromatic carbocycles. The first-order chi connectivity index (χ1) is 9.21. The Bertz CT molecular complexity index is 509. The quantitative estimate of drug-likeness (QED) is 0.852. The van der Waals surface area contributed by atoms with Crippen LogP contribution in [0.25, 0.3) is 0 Å². The molecule has 0 saturated carbocycles. The average molecular weight is 265 g/mol. The first kappa shape index (κ1) is 13.6. The summed E-state index contributed by atoms with van der Waals surface area (Å²) in [6.45, 7) is 0.395. The predicted octanol–water partition coefficient (Wildman–Crippen LogP) is 1.32. The van der Waals surface area contributed by atoms with Crippen molar-refractivity contribution in [3.63, 3.8) is 0 Å². The maximum absolute atomic E-state index is 12.8. The van der Waals surface area contributed by atoms with Gasteiger partial charge in [-0.15, -0.1) is 0 Å². The maximum atomic E-state index is 12.8. The number of benzene rings is 1. The number of methoxy groups -OCH3 is 1. The standard InChI is InChI=1S/C13H16FN3O2/c1-18-11(8-15)7-13-16-12(17-19-13)6-9-2-4-10(14)5-3-9/h2-5,11H,6-8,15H2,1H3. The van der Waals surface area contributed by atoms with E-state index in [-0.39, 0.29) is 11.9 Å². The molecule has 2 aromatic rings. The SMILES string of the molecule is COC(CN)Cc1nc(Cc2ccc(F)cc2)no1. The predicted molar refractivity (Wildman–Crippen MR) is 67.1 cm³/mol. The molecule has 0 spiro atoms. The fourth-order valence-corrected chi connectivity index (χ4v) is 1.69. The Labute approximate surface area is 110 Å². The lowest BCUT2D eigenvalue weighted by Gasteiger charge is -2.08. The minimum atomic E-state index is -0.261. The largest absolute Gasteiger partial charge is 0.380 e. The van der Waals surface area contributed by atoms with Crippen molar-refractivity contribution in [2.45, 2.75) is 18.9 Å². The molecular weight excluding hydrogens is 249 g/mol. The average Bonchev–Trinajstić information content (AvgIpc) is 2.86. The summed E-state index contributed by atoms with van der Waals surface area (Å²) in [5.41, 5.74) is 6.45. The van der Waals surface area contributed by atoms with Gasteiger partial charge in [0, 0.05) is 20.1 Å². The summed E-state index contributed by atoms with van der Waals surface area (Å²) in [5.74, 6) is 0.798. The van der Waals surface area contributed by atoms with Crippen molar-refractivity contribution in [2.75, 3.05) is 13.7 Å². The van der Waals surface area contributed by atoms with Crippen LogP contribution in [-0.4, -0.2) is 29.9 Å². The summed E-state index contributed by atoms with van der Waals surface area (Å²) >= 11 is 0. The van der Waals surface area contributed by atoms with Crippen LogP contribution in [0.1, 0.15) is 17.3 Å². The second-order valence-electron chi connectivity index (χ2n) is 4.21. The molecule has 0 aliphatic carbocycles. The normalized spacial score (nSPS) is 12.6. The Morgan fingerprint density at radius 3 is 2.74 bits per heavy atom. The summed E-state index contributed by atoms with van der Waals surface area (Å²) in [6, 6.07) is 6.21. The van der Waals surface area contributed by atoms with Crippen molar-refractivity contribution in [3.8, 4) is 0 Å². The first-order valence-corrected chi connectivity index (χ1v) is 6.00. The maximum Gasteiger partial charge on any atom is 0.229 e. The van der Waals surface area contributed by atoms with Crippen molar-refractivity contribution in [1.82, 2.24) is 10.1 Å². The Hall–Kier alpha value is -1.79. The van der Waals surface area contributed by atoms with Gasteiger partial charge in [-0.1, -0.05) is 17.3 Å². The van der Waals surface area contributed by atoms with Gasteiger partial charge in [0.05, 0.1) is 12.5 Å². The van der Waals surface area contributed by atoms with Gasteiger partial charge in [0.1, 0.15) is 5.82 Å². The first-order valence-electron chi connectivity index (χ1n) is 6.00. The molecule has 1 aromatic heterocycles. The Kier molecular flexibility index (Phi) is 4.59. The van der Waals surface area contributed by atoms with E-state index in [1.54, 1.807) is 19.2 Å². The third-order valence-corrected chi connectivity index (χ3v) is 2.78. The van der Waals surface area contributed by atoms with E-state index in [1.165, 1.54) is 12.1 Å². The summed E-state index contributed by atoms with van der Waals surface area (Å²) < 4.78 is 23.0. The van der Waals surface area contributed by atoms with Gasteiger partial charge in [-0.25, -0.2) is 4.39 Å². The number of halogens is 1. The number of hydrogen-bond donors (Lipinski definition) is 1. The van der Waals surface area contributed by atoms with Gasteiger partial charge >= 0.3 is 0 Å². The molecule has 0 bridgehead atoms. The van der Waals surface area contributed by atoms with Crippen molar-refractivity contribution in [3.05, 3.63) is 47.4 Å². The molecular formula is C13H16FN3O2. The summed E-state index contributed by atoms with van der Waals surface area (Å²) in [4.78, 5) is 4.26. The van der Waals surface area contributed by atoms with Gasteiger partial charge in [0.2, 0.25) is 5.89 Å². The molecule has 1 unspecified atom stereocenters. The van der Waals surface area contributed by atoms with E-state index in [0.29, 0.717) is 31.1 Å². The van der Waals surface area contributed by atoms with Crippen LogP contribution in [0.2, 0.25) is 0 Å². The zero-order valence-electron chi connectivity index (χ0n) is 10.7. The minimum absolute atomic E-state index is 0.126. The fraction of sp³-hybridized carbons (Fsp3) is 0.385. The van der Waals surface area contributed by atoms with Gasteiger partial charge in [0.15, 0.2) is 5.82 Å². The monoisotopic (exact) mass is 265 g/mol. The van der Waals surface area contributed by atoms with Gasteiger partial charge in [-0.05, 0) is 17.7 Å². The topological polar surface area (TPSA) is 74.2 Å². The van der Waals surface area contributed by atoms with Crippen LogP contribution in [0.5, 0.6) is 0 Å². The highest BCUT2D eigenvalue weighted by Gasteiger charge is 2.13. The van der Waals surface area contributed by atoms with Gasteiger partial charge in [-0.3, -0.25) is 0 Å². The van der Waals surface area contributed by atoms with Gasteiger partial charge in [-0.2, -0.15) is 4.98 Å². The van der Waals surface area contributed by atoms with Gasteiger partial charge < -0.3 is 15.0 Å². The van der Waals surface area contributed by atoms with E-state index in [4.69, 9.17) is 15.0 Å². The third kappa shape index (κ3) is 3.84. The van der Waals surface area contributed by atoms with Gasteiger partial charge in [0.25, 0.3) is 0 Å². The van der Waals surface area contributed by atoms with E-state index in [1.807, 2.05) is 0 Å². The number of aromatic nitrogens is 2. The van der Waals surface area contributed by atoms with Crippen LogP contribution in [0.4, 0.5) is 4.39 Å². The molecule has 0 radical (unpaired) electrons. The molecule has 1 heterocycles. The molecule has 0 fully saturated rings. The fourth-order valence-electron chi connectivity index (χ4n) is 1.69. The van der Waals surface area contributed by atoms with Crippen molar-refractivity contribution in [1.29, 1.82) is 0 Å². The number of ether oxygens (including phenoxy) is 1. The molecule has 0 amide bonds. The van der Waals surface area contributed by atoms with E-state index in [0.717, 1.165) is 5.56 Å². The Morgan fingerprint density at radius 1 is 1.37 bits per heavy atom. The molecule has 0 saturated heterocycles. The van der Waals surface area contributed by atoms with Crippen LogP contribution in [-0.2, 0) is 17.6 Å². The highest BCUT2D eigenvalue weighted by atomic mass is 19.1. The highest BCUT2D eigenvalue weighted by molar-refractivity contribution is 5.19. The molecule has 2 N–H and O–H groups in total. The lowest BCUT2D eigenvalue weighted by Crippen LogP contribution is -2.24.